The summed E-state index contributed by atoms with van der Waals surface area (Å²) in [6.07, 6.45) is 2.40. The Morgan fingerprint density at radius 1 is 1.53 bits per heavy atom. The summed E-state index contributed by atoms with van der Waals surface area (Å²) in [4.78, 5) is 12.2. The van der Waals surface area contributed by atoms with Gasteiger partial charge in [0.1, 0.15) is 5.69 Å². The van der Waals surface area contributed by atoms with Crippen LogP contribution in [0.5, 0.6) is 0 Å². The van der Waals surface area contributed by atoms with Crippen LogP contribution < -0.4 is 10.6 Å². The highest BCUT2D eigenvalue weighted by molar-refractivity contribution is 5.93. The van der Waals surface area contributed by atoms with Gasteiger partial charge in [0.2, 0.25) is 0 Å². The van der Waals surface area contributed by atoms with E-state index in [9.17, 15) is 4.79 Å². The van der Waals surface area contributed by atoms with Crippen LogP contribution in [-0.2, 0) is 7.05 Å². The molecule has 4 nitrogen and oxygen atoms in total. The molecule has 2 heterocycles. The molecule has 2 rings (SSSR count). The minimum atomic E-state index is 0. The van der Waals surface area contributed by atoms with Gasteiger partial charge in [0.15, 0.2) is 0 Å². The number of nitrogens with one attached hydrogen (secondary N) is 2. The highest BCUT2D eigenvalue weighted by atomic mass is 35.5. The van der Waals surface area contributed by atoms with Crippen molar-refractivity contribution >= 4 is 18.3 Å². The monoisotopic (exact) mass is 285 g/mol. The average Bonchev–Trinajstić information content (AvgIpc) is 2.71. The number of piperidine rings is 1. The van der Waals surface area contributed by atoms with Crippen LogP contribution in [0.15, 0.2) is 12.1 Å². The quantitative estimate of drug-likeness (QED) is 0.891. The molecule has 2 atom stereocenters. The van der Waals surface area contributed by atoms with Crippen molar-refractivity contribution in [1.29, 1.82) is 0 Å². The Morgan fingerprint density at radius 3 is 2.79 bits per heavy atom. The number of aryl methyl sites for hydroxylation is 1. The van der Waals surface area contributed by atoms with Crippen LogP contribution in [-0.4, -0.2) is 29.6 Å². The normalized spacial score (nSPS) is 20.5. The molecule has 1 amide bonds. The van der Waals surface area contributed by atoms with Gasteiger partial charge in [-0.2, -0.15) is 0 Å². The second-order valence-electron chi connectivity index (χ2n) is 5.29. The summed E-state index contributed by atoms with van der Waals surface area (Å²) in [7, 11) is 1.93. The number of aromatic nitrogens is 1. The number of nitrogens with zero attached hydrogens (tertiary/aromatic N) is 1. The predicted octanol–water partition coefficient (Wildman–Crippen LogP) is 1.87. The number of carbonyl (C=O) groups excluding carboxylic acids is 1. The molecule has 1 saturated heterocycles. The molecule has 1 aromatic heterocycles. The van der Waals surface area contributed by atoms with Crippen molar-refractivity contribution < 1.29 is 4.79 Å². The number of carbonyl (C=O) groups is 1. The summed E-state index contributed by atoms with van der Waals surface area (Å²) < 4.78 is 1.93. The molecule has 0 saturated carbocycles. The SMILES string of the molecule is Cc1ccc(C(=O)NC(C)C2CCCNC2)n1C.Cl. The fourth-order valence-electron chi connectivity index (χ4n) is 2.55. The molecule has 2 N–H and O–H groups in total. The van der Waals surface area contributed by atoms with Gasteiger partial charge in [-0.25, -0.2) is 0 Å². The summed E-state index contributed by atoms with van der Waals surface area (Å²) in [5, 5.41) is 6.51. The minimum Gasteiger partial charge on any atom is -0.348 e. The number of hydrogen-bond donors (Lipinski definition) is 2. The first-order valence-electron chi connectivity index (χ1n) is 6.73. The van der Waals surface area contributed by atoms with Crippen LogP contribution in [0, 0.1) is 12.8 Å². The molecule has 2 unspecified atom stereocenters. The molecule has 108 valence electrons. The van der Waals surface area contributed by atoms with E-state index in [2.05, 4.69) is 17.6 Å². The van der Waals surface area contributed by atoms with Crippen LogP contribution in [0.2, 0.25) is 0 Å². The molecule has 1 fully saturated rings. The maximum absolute atomic E-state index is 12.2. The van der Waals surface area contributed by atoms with E-state index in [1.54, 1.807) is 0 Å². The second-order valence-corrected chi connectivity index (χ2v) is 5.29. The first kappa shape index (κ1) is 16.1. The number of amides is 1. The van der Waals surface area contributed by atoms with Crippen molar-refractivity contribution in [1.82, 2.24) is 15.2 Å². The smallest absolute Gasteiger partial charge is 0.268 e. The Bertz CT molecular complexity index is 424. The van der Waals surface area contributed by atoms with E-state index < -0.39 is 0 Å². The Labute approximate surface area is 121 Å². The number of halogens is 1. The van der Waals surface area contributed by atoms with Crippen molar-refractivity contribution in [3.05, 3.63) is 23.5 Å². The van der Waals surface area contributed by atoms with Crippen LogP contribution in [0.4, 0.5) is 0 Å². The van der Waals surface area contributed by atoms with E-state index >= 15 is 0 Å². The zero-order valence-corrected chi connectivity index (χ0v) is 12.7. The lowest BCUT2D eigenvalue weighted by Gasteiger charge is -2.29. The third-order valence-corrected chi connectivity index (χ3v) is 4.01. The van der Waals surface area contributed by atoms with Crippen LogP contribution in [0.1, 0.15) is 35.9 Å². The summed E-state index contributed by atoms with van der Waals surface area (Å²) in [6.45, 7) is 6.22. The Hall–Kier alpha value is -1.00. The van der Waals surface area contributed by atoms with Crippen molar-refractivity contribution in [3.8, 4) is 0 Å². The van der Waals surface area contributed by atoms with Crippen LogP contribution >= 0.6 is 12.4 Å². The molecule has 0 spiro atoms. The summed E-state index contributed by atoms with van der Waals surface area (Å²) in [6, 6.07) is 4.08. The van der Waals surface area contributed by atoms with Gasteiger partial charge in [0.25, 0.3) is 5.91 Å². The Balaban J connectivity index is 0.00000180. The first-order valence-corrected chi connectivity index (χ1v) is 6.73. The predicted molar refractivity (Wildman–Crippen MR) is 79.9 cm³/mol. The lowest BCUT2D eigenvalue weighted by molar-refractivity contribution is 0.0913. The molecular weight excluding hydrogens is 262 g/mol. The summed E-state index contributed by atoms with van der Waals surface area (Å²) >= 11 is 0. The largest absolute Gasteiger partial charge is 0.348 e. The fraction of sp³-hybridized carbons (Fsp3) is 0.643. The average molecular weight is 286 g/mol. The van der Waals surface area contributed by atoms with E-state index in [1.165, 1.54) is 12.8 Å². The highest BCUT2D eigenvalue weighted by Gasteiger charge is 2.22. The van der Waals surface area contributed by atoms with E-state index in [-0.39, 0.29) is 24.4 Å². The van der Waals surface area contributed by atoms with Crippen molar-refractivity contribution in [2.24, 2.45) is 13.0 Å². The molecule has 5 heteroatoms. The molecule has 1 aromatic rings. The van der Waals surface area contributed by atoms with Gasteiger partial charge in [-0.15, -0.1) is 12.4 Å². The van der Waals surface area contributed by atoms with E-state index in [1.807, 2.05) is 30.7 Å². The van der Waals surface area contributed by atoms with E-state index in [0.29, 0.717) is 5.92 Å². The first-order chi connectivity index (χ1) is 8.59. The van der Waals surface area contributed by atoms with Gasteiger partial charge in [-0.05, 0) is 57.8 Å². The molecule has 0 aliphatic carbocycles. The maximum Gasteiger partial charge on any atom is 0.268 e. The number of rotatable bonds is 3. The summed E-state index contributed by atoms with van der Waals surface area (Å²) in [5.41, 5.74) is 1.84. The van der Waals surface area contributed by atoms with Crippen LogP contribution in [0.3, 0.4) is 0 Å². The Morgan fingerprint density at radius 2 is 2.26 bits per heavy atom. The molecular formula is C14H24ClN3O. The van der Waals surface area contributed by atoms with Crippen LogP contribution in [0.25, 0.3) is 0 Å². The van der Waals surface area contributed by atoms with E-state index in [4.69, 9.17) is 0 Å². The van der Waals surface area contributed by atoms with Gasteiger partial charge in [-0.1, -0.05) is 0 Å². The Kier molecular flexibility index (Phi) is 5.88. The van der Waals surface area contributed by atoms with Gasteiger partial charge in [0, 0.05) is 18.8 Å². The van der Waals surface area contributed by atoms with E-state index in [0.717, 1.165) is 24.5 Å². The molecule has 1 aliphatic heterocycles. The molecule has 19 heavy (non-hydrogen) atoms. The van der Waals surface area contributed by atoms with Gasteiger partial charge in [0.05, 0.1) is 0 Å². The third-order valence-electron chi connectivity index (χ3n) is 4.01. The summed E-state index contributed by atoms with van der Waals surface area (Å²) in [5.74, 6) is 0.577. The topological polar surface area (TPSA) is 46.1 Å². The lowest BCUT2D eigenvalue weighted by atomic mass is 9.93. The second kappa shape index (κ2) is 6.96. The zero-order chi connectivity index (χ0) is 13.1. The van der Waals surface area contributed by atoms with Crippen molar-refractivity contribution in [2.75, 3.05) is 13.1 Å². The van der Waals surface area contributed by atoms with Gasteiger partial charge >= 0.3 is 0 Å². The van der Waals surface area contributed by atoms with Crippen molar-refractivity contribution in [3.63, 3.8) is 0 Å². The molecule has 1 aliphatic rings. The number of hydrogen-bond acceptors (Lipinski definition) is 2. The minimum absolute atomic E-state index is 0. The standard InChI is InChI=1S/C14H23N3O.ClH/c1-10-6-7-13(17(10)3)14(18)16-11(2)12-5-4-8-15-9-12;/h6-7,11-12,15H,4-5,8-9H2,1-3H3,(H,16,18);1H. The molecule has 0 aromatic carbocycles. The highest BCUT2D eigenvalue weighted by Crippen LogP contribution is 2.15. The van der Waals surface area contributed by atoms with Gasteiger partial charge < -0.3 is 15.2 Å². The van der Waals surface area contributed by atoms with Crippen molar-refractivity contribution in [2.45, 2.75) is 32.7 Å². The molecule has 0 radical (unpaired) electrons. The molecule has 0 bridgehead atoms. The van der Waals surface area contributed by atoms with Gasteiger partial charge in [-0.3, -0.25) is 4.79 Å². The fourth-order valence-corrected chi connectivity index (χ4v) is 2.55. The third kappa shape index (κ3) is 3.74. The lowest BCUT2D eigenvalue weighted by Crippen LogP contribution is -2.44. The maximum atomic E-state index is 12.2. The zero-order valence-electron chi connectivity index (χ0n) is 11.9.